The van der Waals surface area contributed by atoms with Crippen molar-refractivity contribution >= 4 is 28.6 Å². The van der Waals surface area contributed by atoms with Gasteiger partial charge in [-0.15, -0.1) is 11.3 Å². The molecule has 0 amide bonds. The van der Waals surface area contributed by atoms with Crippen LogP contribution in [-0.4, -0.2) is 42.6 Å². The Morgan fingerprint density at radius 2 is 1.86 bits per heavy atom. The molecule has 1 aliphatic heterocycles. The maximum absolute atomic E-state index is 5.94. The average Bonchev–Trinajstić information content (AvgIpc) is 2.92. The second-order valence-corrected chi connectivity index (χ2v) is 7.18. The maximum Gasteiger partial charge on any atom is 0.0940 e. The van der Waals surface area contributed by atoms with Gasteiger partial charge in [-0.05, 0) is 31.2 Å². The Labute approximate surface area is 135 Å². The zero-order valence-electron chi connectivity index (χ0n) is 12.3. The summed E-state index contributed by atoms with van der Waals surface area (Å²) in [5.74, 6) is 0. The first kappa shape index (κ1) is 14.8. The lowest BCUT2D eigenvalue weighted by Crippen LogP contribution is -2.46. The number of hydrogen-bond donors (Lipinski definition) is 0. The standard InChI is InChI=1S/C16H20ClN3S/c1-13-12-18-16(21-13)6-7-19-8-10-20(11-9-19)15-4-2-14(17)3-5-15/h2-5,12H,6-11H2,1H3. The minimum Gasteiger partial charge on any atom is -0.369 e. The first-order valence-corrected chi connectivity index (χ1v) is 8.54. The summed E-state index contributed by atoms with van der Waals surface area (Å²) in [6, 6.07) is 8.15. The van der Waals surface area contributed by atoms with E-state index in [-0.39, 0.29) is 0 Å². The average molecular weight is 322 g/mol. The zero-order valence-corrected chi connectivity index (χ0v) is 13.8. The molecule has 2 aromatic rings. The first-order valence-electron chi connectivity index (χ1n) is 7.35. The normalized spacial score (nSPS) is 16.4. The fourth-order valence-corrected chi connectivity index (χ4v) is 3.55. The third kappa shape index (κ3) is 3.96. The van der Waals surface area contributed by atoms with Crippen molar-refractivity contribution in [3.8, 4) is 0 Å². The maximum atomic E-state index is 5.94. The Hall–Kier alpha value is -1.10. The Morgan fingerprint density at radius 1 is 1.14 bits per heavy atom. The topological polar surface area (TPSA) is 19.4 Å². The number of nitrogens with zero attached hydrogens (tertiary/aromatic N) is 3. The molecule has 5 heteroatoms. The fourth-order valence-electron chi connectivity index (χ4n) is 2.65. The van der Waals surface area contributed by atoms with Crippen molar-refractivity contribution in [3.63, 3.8) is 0 Å². The smallest absolute Gasteiger partial charge is 0.0940 e. The number of benzene rings is 1. The molecule has 1 aliphatic rings. The molecule has 0 saturated carbocycles. The molecule has 0 unspecified atom stereocenters. The van der Waals surface area contributed by atoms with Crippen molar-refractivity contribution < 1.29 is 0 Å². The van der Waals surface area contributed by atoms with Crippen LogP contribution in [0.15, 0.2) is 30.5 Å². The Kier molecular flexibility index (Phi) is 4.78. The molecule has 1 fully saturated rings. The number of halogens is 1. The van der Waals surface area contributed by atoms with E-state index in [1.165, 1.54) is 15.6 Å². The van der Waals surface area contributed by atoms with Crippen LogP contribution >= 0.6 is 22.9 Å². The van der Waals surface area contributed by atoms with Gasteiger partial charge >= 0.3 is 0 Å². The molecule has 0 radical (unpaired) electrons. The fraction of sp³-hybridized carbons (Fsp3) is 0.438. The highest BCUT2D eigenvalue weighted by Gasteiger charge is 2.17. The minimum atomic E-state index is 0.802. The Morgan fingerprint density at radius 3 is 2.48 bits per heavy atom. The van der Waals surface area contributed by atoms with Crippen molar-refractivity contribution in [2.24, 2.45) is 0 Å². The lowest BCUT2D eigenvalue weighted by atomic mass is 10.2. The van der Waals surface area contributed by atoms with Gasteiger partial charge in [0.25, 0.3) is 0 Å². The molecule has 3 rings (SSSR count). The van der Waals surface area contributed by atoms with Crippen LogP contribution < -0.4 is 4.90 Å². The monoisotopic (exact) mass is 321 g/mol. The van der Waals surface area contributed by atoms with E-state index in [0.29, 0.717) is 0 Å². The lowest BCUT2D eigenvalue weighted by molar-refractivity contribution is 0.261. The summed E-state index contributed by atoms with van der Waals surface area (Å²) in [4.78, 5) is 10.7. The van der Waals surface area contributed by atoms with E-state index < -0.39 is 0 Å². The number of thiazole rings is 1. The summed E-state index contributed by atoms with van der Waals surface area (Å²) in [7, 11) is 0. The molecule has 0 spiro atoms. The largest absolute Gasteiger partial charge is 0.369 e. The summed E-state index contributed by atoms with van der Waals surface area (Å²) in [6.45, 7) is 7.63. The van der Waals surface area contributed by atoms with Crippen LogP contribution in [0.2, 0.25) is 5.02 Å². The molecule has 0 aliphatic carbocycles. The molecule has 21 heavy (non-hydrogen) atoms. The van der Waals surface area contributed by atoms with Gasteiger partial charge in [0, 0.05) is 60.9 Å². The zero-order chi connectivity index (χ0) is 14.7. The van der Waals surface area contributed by atoms with E-state index in [0.717, 1.165) is 44.2 Å². The summed E-state index contributed by atoms with van der Waals surface area (Å²) in [6.07, 6.45) is 3.04. The van der Waals surface area contributed by atoms with Crippen molar-refractivity contribution in [1.82, 2.24) is 9.88 Å². The highest BCUT2D eigenvalue weighted by Crippen LogP contribution is 2.19. The number of anilines is 1. The number of rotatable bonds is 4. The minimum absolute atomic E-state index is 0.802. The van der Waals surface area contributed by atoms with Gasteiger partial charge in [-0.25, -0.2) is 4.98 Å². The van der Waals surface area contributed by atoms with E-state index >= 15 is 0 Å². The highest BCUT2D eigenvalue weighted by atomic mass is 35.5. The van der Waals surface area contributed by atoms with E-state index in [2.05, 4.69) is 33.8 Å². The van der Waals surface area contributed by atoms with Crippen LogP contribution in [0, 0.1) is 6.92 Å². The lowest BCUT2D eigenvalue weighted by Gasteiger charge is -2.36. The SMILES string of the molecule is Cc1cnc(CCN2CCN(c3ccc(Cl)cc3)CC2)s1. The second-order valence-electron chi connectivity index (χ2n) is 5.42. The molecule has 0 atom stereocenters. The van der Waals surface area contributed by atoms with Crippen LogP contribution in [0.1, 0.15) is 9.88 Å². The number of hydrogen-bond acceptors (Lipinski definition) is 4. The van der Waals surface area contributed by atoms with Crippen molar-refractivity contribution in [1.29, 1.82) is 0 Å². The van der Waals surface area contributed by atoms with Crippen molar-refractivity contribution in [2.75, 3.05) is 37.6 Å². The van der Waals surface area contributed by atoms with Crippen LogP contribution in [0.3, 0.4) is 0 Å². The summed E-state index contributed by atoms with van der Waals surface area (Å²) < 4.78 is 0. The van der Waals surface area contributed by atoms with E-state index in [1.54, 1.807) is 0 Å². The van der Waals surface area contributed by atoms with Crippen LogP contribution in [-0.2, 0) is 6.42 Å². The summed E-state index contributed by atoms with van der Waals surface area (Å²) in [5.41, 5.74) is 1.27. The molecule has 1 aromatic heterocycles. The molecule has 112 valence electrons. The highest BCUT2D eigenvalue weighted by molar-refractivity contribution is 7.11. The van der Waals surface area contributed by atoms with Crippen LogP contribution in [0.4, 0.5) is 5.69 Å². The van der Waals surface area contributed by atoms with Crippen LogP contribution in [0.25, 0.3) is 0 Å². The van der Waals surface area contributed by atoms with Gasteiger partial charge in [-0.1, -0.05) is 11.6 Å². The predicted molar refractivity (Wildman–Crippen MR) is 90.7 cm³/mol. The van der Waals surface area contributed by atoms with Gasteiger partial charge in [0.2, 0.25) is 0 Å². The van der Waals surface area contributed by atoms with E-state index in [9.17, 15) is 0 Å². The molecular formula is C16H20ClN3S. The quantitative estimate of drug-likeness (QED) is 0.859. The molecule has 1 aromatic carbocycles. The molecule has 2 heterocycles. The number of aryl methyl sites for hydroxylation is 1. The van der Waals surface area contributed by atoms with E-state index in [4.69, 9.17) is 11.6 Å². The van der Waals surface area contributed by atoms with Gasteiger partial charge in [0.15, 0.2) is 0 Å². The third-order valence-electron chi connectivity index (χ3n) is 3.88. The van der Waals surface area contributed by atoms with Crippen LogP contribution in [0.5, 0.6) is 0 Å². The van der Waals surface area contributed by atoms with Gasteiger partial charge in [-0.2, -0.15) is 0 Å². The third-order valence-corrected chi connectivity index (χ3v) is 5.10. The Balaban J connectivity index is 1.47. The van der Waals surface area contributed by atoms with Crippen molar-refractivity contribution in [3.05, 3.63) is 45.4 Å². The number of piperazine rings is 1. The predicted octanol–water partition coefficient (Wildman–Crippen LogP) is 3.47. The molecule has 1 saturated heterocycles. The summed E-state index contributed by atoms with van der Waals surface area (Å²) in [5, 5.41) is 2.06. The number of aromatic nitrogens is 1. The van der Waals surface area contributed by atoms with Gasteiger partial charge in [0.05, 0.1) is 5.01 Å². The molecule has 0 bridgehead atoms. The Bertz CT molecular complexity index is 573. The molecule has 3 nitrogen and oxygen atoms in total. The van der Waals surface area contributed by atoms with Crippen molar-refractivity contribution in [2.45, 2.75) is 13.3 Å². The molecular weight excluding hydrogens is 302 g/mol. The first-order chi connectivity index (χ1) is 10.2. The summed E-state index contributed by atoms with van der Waals surface area (Å²) >= 11 is 7.76. The van der Waals surface area contributed by atoms with Gasteiger partial charge in [-0.3, -0.25) is 4.90 Å². The second kappa shape index (κ2) is 6.77. The molecule has 0 N–H and O–H groups in total. The van der Waals surface area contributed by atoms with Gasteiger partial charge in [0.1, 0.15) is 0 Å². The van der Waals surface area contributed by atoms with E-state index in [1.807, 2.05) is 29.7 Å². The van der Waals surface area contributed by atoms with Gasteiger partial charge < -0.3 is 4.90 Å².